The fourth-order valence-corrected chi connectivity index (χ4v) is 3.48. The molecule has 8 heteroatoms. The van der Waals surface area contributed by atoms with Crippen LogP contribution in [0.5, 0.6) is 17.2 Å². The number of rotatable bonds is 7. The summed E-state index contributed by atoms with van der Waals surface area (Å²) in [6.07, 6.45) is 0.792. The number of methoxy groups -OCH3 is 2. The lowest BCUT2D eigenvalue weighted by Gasteiger charge is -2.22. The van der Waals surface area contributed by atoms with Crippen LogP contribution in [0.4, 0.5) is 0 Å². The van der Waals surface area contributed by atoms with Crippen LogP contribution < -0.4 is 14.2 Å². The molecular weight excluding hydrogens is 414 g/mol. The fraction of sp³-hybridized carbons (Fsp3) is 0.292. The Bertz CT molecular complexity index is 1130. The highest BCUT2D eigenvalue weighted by Gasteiger charge is 2.35. The molecule has 1 aromatic heterocycles. The SMILES string of the molecule is COC(=O)C1Cc2ccc(OCCc3nc(-c4ccc(OC)cc4)oc3C)cc2OC1=O. The number of oxazole rings is 1. The lowest BCUT2D eigenvalue weighted by Crippen LogP contribution is -2.34. The minimum atomic E-state index is -0.936. The van der Waals surface area contributed by atoms with Crippen molar-refractivity contribution >= 4 is 11.9 Å². The van der Waals surface area contributed by atoms with Gasteiger partial charge in [0.1, 0.15) is 23.0 Å². The molecule has 4 rings (SSSR count). The molecule has 8 nitrogen and oxygen atoms in total. The third-order valence-corrected chi connectivity index (χ3v) is 5.28. The van der Waals surface area contributed by atoms with E-state index in [0.717, 1.165) is 28.3 Å². The largest absolute Gasteiger partial charge is 0.497 e. The smallest absolute Gasteiger partial charge is 0.326 e. The number of benzene rings is 2. The zero-order valence-electron chi connectivity index (χ0n) is 18.0. The van der Waals surface area contributed by atoms with Gasteiger partial charge in [0.05, 0.1) is 26.5 Å². The summed E-state index contributed by atoms with van der Waals surface area (Å²) in [6, 6.07) is 12.7. The van der Waals surface area contributed by atoms with E-state index in [-0.39, 0.29) is 6.42 Å². The van der Waals surface area contributed by atoms with Crippen LogP contribution in [0, 0.1) is 12.8 Å². The number of carbonyl (C=O) groups excluding carboxylic acids is 2. The Labute approximate surface area is 185 Å². The van der Waals surface area contributed by atoms with Crippen LogP contribution in [0.3, 0.4) is 0 Å². The first-order chi connectivity index (χ1) is 15.5. The Morgan fingerprint density at radius 1 is 1.12 bits per heavy atom. The first-order valence-electron chi connectivity index (χ1n) is 10.1. The summed E-state index contributed by atoms with van der Waals surface area (Å²) in [5, 5.41) is 0. The van der Waals surface area contributed by atoms with Crippen molar-refractivity contribution in [2.45, 2.75) is 19.8 Å². The number of aromatic nitrogens is 1. The Hall–Kier alpha value is -3.81. The van der Waals surface area contributed by atoms with Crippen molar-refractivity contribution in [1.29, 1.82) is 0 Å². The zero-order chi connectivity index (χ0) is 22.7. The van der Waals surface area contributed by atoms with Gasteiger partial charge in [0, 0.05) is 24.5 Å². The number of nitrogens with zero attached hydrogens (tertiary/aromatic N) is 1. The molecule has 1 aliphatic rings. The van der Waals surface area contributed by atoms with Gasteiger partial charge >= 0.3 is 11.9 Å². The summed E-state index contributed by atoms with van der Waals surface area (Å²) < 4.78 is 26.8. The summed E-state index contributed by atoms with van der Waals surface area (Å²) in [6.45, 7) is 2.23. The van der Waals surface area contributed by atoms with E-state index in [0.29, 0.717) is 30.4 Å². The lowest BCUT2D eigenvalue weighted by molar-refractivity contribution is -0.156. The van der Waals surface area contributed by atoms with Crippen LogP contribution in [0.15, 0.2) is 46.9 Å². The first-order valence-corrected chi connectivity index (χ1v) is 10.1. The number of hydrogen-bond acceptors (Lipinski definition) is 8. The van der Waals surface area contributed by atoms with E-state index in [1.54, 1.807) is 25.3 Å². The van der Waals surface area contributed by atoms with Gasteiger partial charge < -0.3 is 23.4 Å². The minimum absolute atomic E-state index is 0.243. The average Bonchev–Trinajstić information content (AvgIpc) is 3.18. The summed E-state index contributed by atoms with van der Waals surface area (Å²) in [4.78, 5) is 28.4. The molecule has 2 heterocycles. The van der Waals surface area contributed by atoms with Crippen molar-refractivity contribution in [3.05, 3.63) is 59.5 Å². The Morgan fingerprint density at radius 2 is 1.88 bits per heavy atom. The number of fused-ring (bicyclic) bond motifs is 1. The van der Waals surface area contributed by atoms with Crippen molar-refractivity contribution in [3.63, 3.8) is 0 Å². The van der Waals surface area contributed by atoms with Crippen LogP contribution in [-0.4, -0.2) is 37.7 Å². The number of ether oxygens (including phenoxy) is 4. The molecule has 3 aromatic rings. The molecule has 0 N–H and O–H groups in total. The van der Waals surface area contributed by atoms with Gasteiger partial charge in [0.15, 0.2) is 5.92 Å². The highest BCUT2D eigenvalue weighted by molar-refractivity contribution is 5.97. The molecular formula is C24H23NO7. The molecule has 1 aliphatic heterocycles. The van der Waals surface area contributed by atoms with Crippen LogP contribution in [-0.2, 0) is 27.2 Å². The first kappa shape index (κ1) is 21.4. The molecule has 0 saturated carbocycles. The van der Waals surface area contributed by atoms with E-state index in [4.69, 9.17) is 18.6 Å². The van der Waals surface area contributed by atoms with Crippen molar-refractivity contribution in [2.75, 3.05) is 20.8 Å². The van der Waals surface area contributed by atoms with Crippen molar-refractivity contribution in [2.24, 2.45) is 5.92 Å². The van der Waals surface area contributed by atoms with Gasteiger partial charge in [-0.15, -0.1) is 0 Å². The Kier molecular flexibility index (Phi) is 6.11. The maximum absolute atomic E-state index is 12.1. The van der Waals surface area contributed by atoms with E-state index in [9.17, 15) is 9.59 Å². The van der Waals surface area contributed by atoms with Crippen molar-refractivity contribution in [3.8, 4) is 28.7 Å². The second-order valence-electron chi connectivity index (χ2n) is 7.32. The van der Waals surface area contributed by atoms with Gasteiger partial charge in [-0.3, -0.25) is 9.59 Å². The van der Waals surface area contributed by atoms with E-state index < -0.39 is 17.9 Å². The van der Waals surface area contributed by atoms with Crippen molar-refractivity contribution in [1.82, 2.24) is 4.98 Å². The fourth-order valence-electron chi connectivity index (χ4n) is 3.48. The van der Waals surface area contributed by atoms with E-state index >= 15 is 0 Å². The standard InChI is InChI=1S/C24H23NO7/c1-14-20(25-22(31-14)15-4-7-17(28-2)8-5-15)10-11-30-18-9-6-16-12-19(23(26)29-3)24(27)32-21(16)13-18/h4-9,13,19H,10-12H2,1-3H3. The highest BCUT2D eigenvalue weighted by Crippen LogP contribution is 2.32. The average molecular weight is 437 g/mol. The van der Waals surface area contributed by atoms with E-state index in [2.05, 4.69) is 9.72 Å². The van der Waals surface area contributed by atoms with E-state index in [1.807, 2.05) is 31.2 Å². The minimum Gasteiger partial charge on any atom is -0.497 e. The molecule has 0 radical (unpaired) electrons. The molecule has 1 atom stereocenters. The summed E-state index contributed by atoms with van der Waals surface area (Å²) in [5.74, 6) is 0.838. The lowest BCUT2D eigenvalue weighted by atomic mass is 9.96. The summed E-state index contributed by atoms with van der Waals surface area (Å²) in [7, 11) is 2.87. The monoisotopic (exact) mass is 437 g/mol. The normalized spacial score (nSPS) is 15.0. The maximum atomic E-state index is 12.1. The number of carbonyl (C=O) groups is 2. The Balaban J connectivity index is 1.38. The second kappa shape index (κ2) is 9.13. The molecule has 0 amide bonds. The number of aryl methyl sites for hydroxylation is 1. The summed E-state index contributed by atoms with van der Waals surface area (Å²) >= 11 is 0. The molecule has 0 bridgehead atoms. The van der Waals surface area contributed by atoms with Gasteiger partial charge in [0.2, 0.25) is 5.89 Å². The number of hydrogen-bond donors (Lipinski definition) is 0. The molecule has 0 aliphatic carbocycles. The molecule has 166 valence electrons. The predicted octanol–water partition coefficient (Wildman–Crippen LogP) is 3.53. The van der Waals surface area contributed by atoms with Crippen molar-refractivity contribution < 1.29 is 33.0 Å². The molecule has 32 heavy (non-hydrogen) atoms. The molecule has 2 aromatic carbocycles. The van der Waals surface area contributed by atoms with E-state index in [1.165, 1.54) is 7.11 Å². The summed E-state index contributed by atoms with van der Waals surface area (Å²) in [5.41, 5.74) is 2.42. The van der Waals surface area contributed by atoms with Gasteiger partial charge in [-0.1, -0.05) is 6.07 Å². The molecule has 1 unspecified atom stereocenters. The van der Waals surface area contributed by atoms with Crippen LogP contribution in [0.2, 0.25) is 0 Å². The van der Waals surface area contributed by atoms with Gasteiger partial charge in [-0.05, 0) is 42.8 Å². The van der Waals surface area contributed by atoms with Crippen LogP contribution >= 0.6 is 0 Å². The van der Waals surface area contributed by atoms with Gasteiger partial charge in [0.25, 0.3) is 0 Å². The predicted molar refractivity (Wildman–Crippen MR) is 114 cm³/mol. The second-order valence-corrected chi connectivity index (χ2v) is 7.32. The topological polar surface area (TPSA) is 97.1 Å². The van der Waals surface area contributed by atoms with Crippen LogP contribution in [0.25, 0.3) is 11.5 Å². The molecule has 0 saturated heterocycles. The third-order valence-electron chi connectivity index (χ3n) is 5.28. The Morgan fingerprint density at radius 3 is 2.59 bits per heavy atom. The molecule has 0 spiro atoms. The maximum Gasteiger partial charge on any atom is 0.326 e. The third kappa shape index (κ3) is 4.44. The van der Waals surface area contributed by atoms with Crippen LogP contribution in [0.1, 0.15) is 17.0 Å². The highest BCUT2D eigenvalue weighted by atomic mass is 16.6. The van der Waals surface area contributed by atoms with Gasteiger partial charge in [-0.2, -0.15) is 0 Å². The van der Waals surface area contributed by atoms with Gasteiger partial charge in [-0.25, -0.2) is 4.98 Å². The number of esters is 2. The quantitative estimate of drug-likeness (QED) is 0.315. The molecule has 0 fully saturated rings. The zero-order valence-corrected chi connectivity index (χ0v) is 18.0.